The first-order chi connectivity index (χ1) is 13.7. The third-order valence-corrected chi connectivity index (χ3v) is 5.00. The van der Waals surface area contributed by atoms with Crippen molar-refractivity contribution >= 4 is 5.91 Å². The van der Waals surface area contributed by atoms with Gasteiger partial charge in [0.05, 0.1) is 6.61 Å². The van der Waals surface area contributed by atoms with E-state index in [1.54, 1.807) is 24.3 Å². The summed E-state index contributed by atoms with van der Waals surface area (Å²) < 4.78 is 23.0. The Morgan fingerprint density at radius 3 is 2.43 bits per heavy atom. The van der Waals surface area contributed by atoms with Gasteiger partial charge >= 0.3 is 0 Å². The summed E-state index contributed by atoms with van der Waals surface area (Å²) in [6, 6.07) is 17.5. The number of fused-ring (bicyclic) bond motifs is 1. The highest BCUT2D eigenvalue weighted by atomic mass is 16.7. The Morgan fingerprint density at radius 2 is 1.75 bits per heavy atom. The second kappa shape index (κ2) is 8.38. The average Bonchev–Trinajstić information content (AvgIpc) is 2.76. The lowest BCUT2D eigenvalue weighted by Gasteiger charge is -2.47. The maximum atomic E-state index is 12.6. The molecule has 2 fully saturated rings. The number of aliphatic hydroxyl groups is 1. The van der Waals surface area contributed by atoms with Gasteiger partial charge in [-0.3, -0.25) is 4.79 Å². The summed E-state index contributed by atoms with van der Waals surface area (Å²) in [5, 5.41) is 13.8. The van der Waals surface area contributed by atoms with Crippen LogP contribution in [0.3, 0.4) is 0 Å². The van der Waals surface area contributed by atoms with Gasteiger partial charge < -0.3 is 29.4 Å². The van der Waals surface area contributed by atoms with Crippen LogP contribution >= 0.6 is 0 Å². The molecule has 0 aliphatic carbocycles. The second-order valence-corrected chi connectivity index (χ2v) is 6.81. The van der Waals surface area contributed by atoms with E-state index in [1.807, 2.05) is 36.4 Å². The number of hydrogen-bond donors (Lipinski definition) is 2. The fraction of sp³-hybridized carbons (Fsp3) is 0.381. The maximum Gasteiger partial charge on any atom is 0.251 e. The van der Waals surface area contributed by atoms with E-state index < -0.39 is 36.9 Å². The lowest BCUT2D eigenvalue weighted by molar-refractivity contribution is -0.340. The van der Waals surface area contributed by atoms with Crippen molar-refractivity contribution < 1.29 is 28.8 Å². The van der Waals surface area contributed by atoms with E-state index in [1.165, 1.54) is 7.11 Å². The van der Waals surface area contributed by atoms with Crippen LogP contribution in [0, 0.1) is 0 Å². The van der Waals surface area contributed by atoms with Gasteiger partial charge in [0.15, 0.2) is 12.6 Å². The van der Waals surface area contributed by atoms with Gasteiger partial charge in [-0.2, -0.15) is 0 Å². The quantitative estimate of drug-likeness (QED) is 0.832. The van der Waals surface area contributed by atoms with Gasteiger partial charge in [0, 0.05) is 18.2 Å². The number of rotatable bonds is 4. The van der Waals surface area contributed by atoms with Gasteiger partial charge in [-0.25, -0.2) is 0 Å². The lowest BCUT2D eigenvalue weighted by atomic mass is 9.95. The van der Waals surface area contributed by atoms with Gasteiger partial charge in [0.2, 0.25) is 0 Å². The molecule has 2 aliphatic heterocycles. The van der Waals surface area contributed by atoms with Crippen molar-refractivity contribution in [1.82, 2.24) is 5.32 Å². The number of ether oxygens (including phenoxy) is 4. The van der Waals surface area contributed by atoms with Gasteiger partial charge in [-0.05, 0) is 12.1 Å². The van der Waals surface area contributed by atoms with E-state index in [0.717, 1.165) is 5.56 Å². The van der Waals surface area contributed by atoms with Crippen molar-refractivity contribution in [3.05, 3.63) is 71.8 Å². The molecule has 2 aromatic rings. The smallest absolute Gasteiger partial charge is 0.251 e. The Hall–Kier alpha value is -2.29. The van der Waals surface area contributed by atoms with Crippen molar-refractivity contribution in [3.63, 3.8) is 0 Å². The molecule has 2 aliphatic rings. The molecular formula is C21H23NO6. The zero-order chi connectivity index (χ0) is 19.5. The minimum atomic E-state index is -1.02. The van der Waals surface area contributed by atoms with Crippen molar-refractivity contribution in [3.8, 4) is 0 Å². The van der Waals surface area contributed by atoms with E-state index in [9.17, 15) is 9.90 Å². The highest BCUT2D eigenvalue weighted by molar-refractivity contribution is 5.94. The maximum absolute atomic E-state index is 12.6. The van der Waals surface area contributed by atoms with Crippen LogP contribution in [0.1, 0.15) is 22.2 Å². The topological polar surface area (TPSA) is 86.2 Å². The molecule has 7 heteroatoms. The molecule has 0 bridgehead atoms. The third kappa shape index (κ3) is 3.80. The normalized spacial score (nSPS) is 32.4. The van der Waals surface area contributed by atoms with Crippen LogP contribution in [0.15, 0.2) is 60.7 Å². The minimum absolute atomic E-state index is 0.250. The summed E-state index contributed by atoms with van der Waals surface area (Å²) >= 11 is 0. The fourth-order valence-electron chi connectivity index (χ4n) is 3.55. The Morgan fingerprint density at radius 1 is 1.07 bits per heavy atom. The Labute approximate surface area is 163 Å². The molecule has 2 heterocycles. The number of methoxy groups -OCH3 is 1. The van der Waals surface area contributed by atoms with Crippen molar-refractivity contribution in [2.45, 2.75) is 36.9 Å². The molecule has 0 aromatic heterocycles. The summed E-state index contributed by atoms with van der Waals surface area (Å²) in [7, 11) is 1.47. The first-order valence-electron chi connectivity index (χ1n) is 9.21. The molecule has 2 saturated heterocycles. The van der Waals surface area contributed by atoms with Gasteiger partial charge in [-0.1, -0.05) is 48.5 Å². The molecule has 0 spiro atoms. The molecule has 28 heavy (non-hydrogen) atoms. The second-order valence-electron chi connectivity index (χ2n) is 6.81. The molecule has 2 N–H and O–H groups in total. The predicted molar refractivity (Wildman–Crippen MR) is 99.4 cm³/mol. The van der Waals surface area contributed by atoms with Crippen LogP contribution in [0.5, 0.6) is 0 Å². The van der Waals surface area contributed by atoms with E-state index in [4.69, 9.17) is 18.9 Å². The largest absolute Gasteiger partial charge is 0.388 e. The number of nitrogens with one attached hydrogen (secondary N) is 1. The van der Waals surface area contributed by atoms with Gasteiger partial charge in [-0.15, -0.1) is 0 Å². The van der Waals surface area contributed by atoms with Crippen molar-refractivity contribution in [2.75, 3.05) is 13.7 Å². The van der Waals surface area contributed by atoms with E-state index >= 15 is 0 Å². The van der Waals surface area contributed by atoms with E-state index in [-0.39, 0.29) is 12.5 Å². The number of aliphatic hydroxyl groups excluding tert-OH is 1. The number of carbonyl (C=O) groups is 1. The zero-order valence-corrected chi connectivity index (χ0v) is 15.4. The molecule has 148 valence electrons. The average molecular weight is 385 g/mol. The van der Waals surface area contributed by atoms with Crippen molar-refractivity contribution in [2.24, 2.45) is 0 Å². The van der Waals surface area contributed by atoms with Crippen LogP contribution in [0.2, 0.25) is 0 Å². The highest BCUT2D eigenvalue weighted by Crippen LogP contribution is 2.34. The summed E-state index contributed by atoms with van der Waals surface area (Å²) in [6.45, 7) is 0.250. The molecule has 0 radical (unpaired) electrons. The van der Waals surface area contributed by atoms with Gasteiger partial charge in [0.25, 0.3) is 5.91 Å². The van der Waals surface area contributed by atoms with Crippen molar-refractivity contribution in [1.29, 1.82) is 0 Å². The molecular weight excluding hydrogens is 362 g/mol. The molecule has 4 rings (SSSR count). The lowest BCUT2D eigenvalue weighted by Crippen LogP contribution is -2.66. The van der Waals surface area contributed by atoms with Crippen LogP contribution < -0.4 is 5.32 Å². The summed E-state index contributed by atoms with van der Waals surface area (Å²) in [6.07, 6.45) is -3.60. The first-order valence-corrected chi connectivity index (χ1v) is 9.21. The summed E-state index contributed by atoms with van der Waals surface area (Å²) in [5.41, 5.74) is 1.34. The van der Waals surface area contributed by atoms with Crippen LogP contribution in [0.25, 0.3) is 0 Å². The molecule has 7 nitrogen and oxygen atoms in total. The Kier molecular flexibility index (Phi) is 5.70. The molecule has 0 saturated carbocycles. The van der Waals surface area contributed by atoms with Crippen LogP contribution in [-0.2, 0) is 18.9 Å². The van der Waals surface area contributed by atoms with Gasteiger partial charge in [0.1, 0.15) is 24.4 Å². The number of benzene rings is 2. The predicted octanol–water partition coefficient (Wildman–Crippen LogP) is 1.63. The monoisotopic (exact) mass is 385 g/mol. The first kappa shape index (κ1) is 19.0. The molecule has 6 atom stereocenters. The SMILES string of the molecule is CO[C@H]1O[C@@H]2COC(c3ccccc3)O[C@H]2[C@H](O)[C@H]1NC(=O)c1ccccc1. The standard InChI is InChI=1S/C21H23NO6/c1-25-21-16(22-19(24)13-8-4-2-5-9-13)17(23)18-15(27-21)12-26-20(28-18)14-10-6-3-7-11-14/h2-11,15-18,20-21,23H,12H2,1H3,(H,22,24)/t15-,16-,17-,18-,20?,21+/m1/s1. The van der Waals surface area contributed by atoms with Crippen LogP contribution in [0.4, 0.5) is 0 Å². The summed E-state index contributed by atoms with van der Waals surface area (Å²) in [4.78, 5) is 12.6. The Bertz CT molecular complexity index is 786. The highest BCUT2D eigenvalue weighted by Gasteiger charge is 2.50. The van der Waals surface area contributed by atoms with E-state index in [2.05, 4.69) is 5.32 Å². The minimum Gasteiger partial charge on any atom is -0.388 e. The fourth-order valence-corrected chi connectivity index (χ4v) is 3.55. The molecule has 1 unspecified atom stereocenters. The molecule has 2 aromatic carbocycles. The number of hydrogen-bond acceptors (Lipinski definition) is 6. The van der Waals surface area contributed by atoms with Crippen LogP contribution in [-0.4, -0.2) is 55.4 Å². The molecule has 1 amide bonds. The number of carbonyl (C=O) groups excluding carboxylic acids is 1. The number of amides is 1. The van der Waals surface area contributed by atoms with E-state index in [0.29, 0.717) is 5.56 Å². The third-order valence-electron chi connectivity index (χ3n) is 5.00. The Balaban J connectivity index is 1.50. The summed E-state index contributed by atoms with van der Waals surface area (Å²) in [5.74, 6) is -0.319. The zero-order valence-electron chi connectivity index (χ0n) is 15.4.